The molecule has 4 aromatic carbocycles. The van der Waals surface area contributed by atoms with E-state index in [1.807, 2.05) is 0 Å². The van der Waals surface area contributed by atoms with Gasteiger partial charge in [0.05, 0.1) is 78.5 Å². The van der Waals surface area contributed by atoms with Crippen LogP contribution in [0.4, 0.5) is 0 Å². The van der Waals surface area contributed by atoms with Crippen LogP contribution in [0.25, 0.3) is 21.5 Å². The number of fused-ring (bicyclic) bond motifs is 2. The van der Waals surface area contributed by atoms with Gasteiger partial charge in [0.2, 0.25) is 0 Å². The molecule has 0 saturated heterocycles. The van der Waals surface area contributed by atoms with Crippen molar-refractivity contribution in [2.45, 2.75) is 109 Å². The van der Waals surface area contributed by atoms with E-state index in [-0.39, 0.29) is 81.8 Å². The smallest absolute Gasteiger partial charge is 0.336 e. The van der Waals surface area contributed by atoms with Gasteiger partial charge in [-0.15, -0.1) is 52.6 Å². The first-order valence-electron chi connectivity index (χ1n) is 31.4. The lowest BCUT2D eigenvalue weighted by Gasteiger charge is -2.21. The summed E-state index contributed by atoms with van der Waals surface area (Å²) in [5, 5.41) is 48.0. The molecule has 4 heterocycles. The maximum Gasteiger partial charge on any atom is 0.336 e. The van der Waals surface area contributed by atoms with E-state index in [2.05, 4.69) is 52.6 Å². The lowest BCUT2D eigenvalue weighted by Crippen LogP contribution is -2.55. The summed E-state index contributed by atoms with van der Waals surface area (Å²) in [5.74, 6) is 0.305. The summed E-state index contributed by atoms with van der Waals surface area (Å²) in [7, 11) is 0. The first-order valence-corrected chi connectivity index (χ1v) is 31.4. The molecule has 0 aliphatic heterocycles. The third kappa shape index (κ3) is 16.3. The highest BCUT2D eigenvalue weighted by Gasteiger charge is 2.25. The minimum Gasteiger partial charge on any atom is -0.491 e. The number of aliphatic hydroxyl groups excluding tert-OH is 4. The second-order valence-electron chi connectivity index (χ2n) is 22.9. The monoisotopic (exact) mass is 1390 g/mol. The molecule has 0 saturated carbocycles. The Morgan fingerprint density at radius 3 is 0.703 bits per heavy atom. The van der Waals surface area contributed by atoms with Gasteiger partial charge in [-0.05, 0) is 57.9 Å². The van der Waals surface area contributed by atoms with Gasteiger partial charge in [0.1, 0.15) is 73.8 Å². The Kier molecular flexibility index (Phi) is 24.8. The van der Waals surface area contributed by atoms with Gasteiger partial charge >= 0.3 is 68.3 Å². The number of rotatable bonds is 38. The molecule has 4 N–H and O–H groups in total. The van der Waals surface area contributed by atoms with E-state index in [0.29, 0.717) is 50.9 Å². The largest absolute Gasteiger partial charge is 0.491 e. The summed E-state index contributed by atoms with van der Waals surface area (Å²) in [6, 6.07) is 15.9. The van der Waals surface area contributed by atoms with Crippen molar-refractivity contribution in [3.05, 3.63) is 299 Å². The molecule has 32 heteroatoms. The van der Waals surface area contributed by atoms with Gasteiger partial charge in [0, 0.05) is 17.5 Å². The van der Waals surface area contributed by atoms with Crippen LogP contribution in [0.15, 0.2) is 219 Å². The lowest BCUT2D eigenvalue weighted by molar-refractivity contribution is 0.0880. The molecule has 0 spiro atoms. The summed E-state index contributed by atoms with van der Waals surface area (Å²) in [4.78, 5) is 161. The molecule has 8 rings (SSSR count). The van der Waals surface area contributed by atoms with E-state index in [0.717, 1.165) is 36.5 Å². The highest BCUT2D eigenvalue weighted by molar-refractivity contribution is 5.93. The van der Waals surface area contributed by atoms with Crippen molar-refractivity contribution >= 4 is 21.5 Å². The number of allylic oxidation sites excluding steroid dienone is 8. The molecule has 0 amide bonds. The Hall–Kier alpha value is -12.0. The van der Waals surface area contributed by atoms with Crippen LogP contribution in [0.5, 0.6) is 23.0 Å². The van der Waals surface area contributed by atoms with E-state index in [4.69, 9.17) is 18.9 Å². The van der Waals surface area contributed by atoms with E-state index in [9.17, 15) is 78.0 Å². The molecule has 4 atom stereocenters. The molecular weight excluding hydrogens is 1320 g/mol. The van der Waals surface area contributed by atoms with Crippen LogP contribution in [0.1, 0.15) is 11.1 Å². The van der Waals surface area contributed by atoms with E-state index < -0.39 is 145 Å². The molecule has 0 aliphatic carbocycles. The van der Waals surface area contributed by atoms with Crippen molar-refractivity contribution in [1.82, 2.24) is 54.8 Å². The average molecular weight is 1390 g/mol. The Bertz CT molecular complexity index is 4820. The molecule has 32 nitrogen and oxygen atoms in total. The Balaban J connectivity index is 1.24. The van der Waals surface area contributed by atoms with Crippen LogP contribution in [-0.4, -0.2) is 126 Å². The highest BCUT2D eigenvalue weighted by Crippen LogP contribution is 2.39. The van der Waals surface area contributed by atoms with Crippen LogP contribution < -0.4 is 87.2 Å². The fourth-order valence-corrected chi connectivity index (χ4v) is 11.1. The molecule has 4 unspecified atom stereocenters. The average Bonchev–Trinajstić information content (AvgIpc) is 0.847. The van der Waals surface area contributed by atoms with Gasteiger partial charge in [-0.2, -0.15) is 0 Å². The zero-order valence-electron chi connectivity index (χ0n) is 55.1. The lowest BCUT2D eigenvalue weighted by atomic mass is 9.93. The molecule has 0 fully saturated rings. The van der Waals surface area contributed by atoms with Crippen LogP contribution in [0.3, 0.4) is 0 Å². The van der Waals surface area contributed by atoms with Crippen LogP contribution >= 0.6 is 0 Å². The number of ether oxygens (including phenoxy) is 4. The zero-order chi connectivity index (χ0) is 73.5. The molecule has 0 bridgehead atoms. The van der Waals surface area contributed by atoms with Crippen molar-refractivity contribution in [2.75, 3.05) is 26.4 Å². The third-order valence-corrected chi connectivity index (χ3v) is 15.8. The second-order valence-corrected chi connectivity index (χ2v) is 22.9. The van der Waals surface area contributed by atoms with E-state index in [1.165, 1.54) is 48.6 Å². The summed E-state index contributed by atoms with van der Waals surface area (Å²) in [5.41, 5.74) is -11.4. The minimum absolute atomic E-state index is 0.0526. The molecule has 8 aromatic rings. The van der Waals surface area contributed by atoms with Crippen LogP contribution in [0, 0.1) is 0 Å². The maximum absolute atomic E-state index is 13.7. The number of hydrogen-bond donors (Lipinski definition) is 4. The first kappa shape index (κ1) is 74.8. The van der Waals surface area contributed by atoms with Crippen molar-refractivity contribution in [3.8, 4) is 23.0 Å². The molecule has 101 heavy (non-hydrogen) atoms. The van der Waals surface area contributed by atoms with E-state index in [1.54, 1.807) is 60.7 Å². The van der Waals surface area contributed by atoms with Crippen LogP contribution in [-0.2, 0) is 85.0 Å². The first-order chi connectivity index (χ1) is 48.4. The highest BCUT2D eigenvalue weighted by atomic mass is 16.5. The topological polar surface area (TPSA) is 382 Å². The van der Waals surface area contributed by atoms with Gasteiger partial charge in [-0.1, -0.05) is 72.9 Å². The van der Waals surface area contributed by atoms with Crippen LogP contribution in [0.2, 0.25) is 0 Å². The zero-order valence-corrected chi connectivity index (χ0v) is 55.1. The quantitative estimate of drug-likeness (QED) is 0.0329. The maximum atomic E-state index is 13.7. The molecule has 4 aromatic heterocycles. The number of benzene rings is 4. The Morgan fingerprint density at radius 2 is 0.485 bits per heavy atom. The summed E-state index contributed by atoms with van der Waals surface area (Å²) in [6.45, 7) is 21.6. The van der Waals surface area contributed by atoms with Gasteiger partial charge in [0.15, 0.2) is 0 Å². The molecule has 0 radical (unpaired) electrons. The Labute approximate surface area is 571 Å². The fraction of sp³-hybridized carbons (Fsp3) is 0.304. The van der Waals surface area contributed by atoms with E-state index >= 15 is 0 Å². The standard InChI is InChI=1S/C69H76N12O20/c1-9-25-70-58(86)71(26-10-2)63(91)78(62(70)90)36-46(82)40-98-50-21-17-44-19-23-56(100-42-48(84)38-80-66(94)74(29-13-5)60(88)75(30-14-6)67(80)95)54(52(44)33-50)35-55-53-34-51(99-41-47(83)37-79-64(92)72(27-11-3)59(87)73(28-12-4)65(79)93)22-18-45(53)20-24-57(55)101-43-49(85)39-81-68(96)76(31-15-7)61(89)77(32-16-8)69(81)97/h9-24,33-34,46-49,82-85H,1-8,25-32,35-43H2. The second kappa shape index (κ2) is 33.5. The SMILES string of the molecule is C=CCn1c(=O)n(CC=C)c(=O)n(CC(O)COc2ccc3ccc(OCC(O)Cn4c(=O)n(CC=C)c(=O)n(CC=C)c4=O)c(Cc4c(OCC(O)Cn5c(=O)n(CC=C)c(=O)n(CC=C)c5=O)ccc5ccc(OCC(O)Cn6c(=O)n(CC=C)c(=O)n(CC=C)c6=O)cc45)c3c2)c1=O. The normalized spacial score (nSPS) is 12.5. The Morgan fingerprint density at radius 1 is 0.287 bits per heavy atom. The number of nitrogens with zero attached hydrogens (tertiary/aromatic N) is 12. The predicted octanol–water partition coefficient (Wildman–Crippen LogP) is -1.23. The summed E-state index contributed by atoms with van der Waals surface area (Å²) in [6.07, 6.45) is 3.61. The summed E-state index contributed by atoms with van der Waals surface area (Å²) >= 11 is 0. The van der Waals surface area contributed by atoms with Crippen molar-refractivity contribution in [2.24, 2.45) is 0 Å². The predicted molar refractivity (Wildman–Crippen MR) is 375 cm³/mol. The van der Waals surface area contributed by atoms with Gasteiger partial charge < -0.3 is 39.4 Å². The van der Waals surface area contributed by atoms with Gasteiger partial charge in [-0.3, -0.25) is 0 Å². The fourth-order valence-electron chi connectivity index (χ4n) is 11.1. The number of aromatic nitrogens is 12. The third-order valence-electron chi connectivity index (χ3n) is 15.8. The van der Waals surface area contributed by atoms with Gasteiger partial charge in [0.25, 0.3) is 0 Å². The molecule has 0 aliphatic rings. The number of aliphatic hydroxyl groups is 4. The van der Waals surface area contributed by atoms with Crippen molar-refractivity contribution in [1.29, 1.82) is 0 Å². The van der Waals surface area contributed by atoms with Gasteiger partial charge in [-0.25, -0.2) is 112 Å². The minimum atomic E-state index is -1.64. The number of hydrogen-bond acceptors (Lipinski definition) is 20. The van der Waals surface area contributed by atoms with Crippen molar-refractivity contribution < 1.29 is 39.4 Å². The summed E-state index contributed by atoms with van der Waals surface area (Å²) < 4.78 is 33.9. The van der Waals surface area contributed by atoms with Crippen molar-refractivity contribution in [3.63, 3.8) is 0 Å². The molecular formula is C69H76N12O20. The molecule has 532 valence electrons.